The fraction of sp³-hybridized carbons (Fsp3) is 0.600. The minimum Gasteiger partial charge on any atom is -0.329 e. The van der Waals surface area contributed by atoms with Gasteiger partial charge >= 0.3 is 7.82 Å². The van der Waals surface area contributed by atoms with Gasteiger partial charge in [-0.05, 0) is 0 Å². The van der Waals surface area contributed by atoms with Gasteiger partial charge in [0.2, 0.25) is 0 Å². The van der Waals surface area contributed by atoms with E-state index < -0.39 is 17.9 Å². The van der Waals surface area contributed by atoms with Crippen LogP contribution in [-0.4, -0.2) is 42.0 Å². The molecule has 8 nitrogen and oxygen atoms in total. The highest BCUT2D eigenvalue weighted by Gasteiger charge is 2.06. The Bertz CT molecular complexity index is 299. The molecule has 0 amide bonds. The van der Waals surface area contributed by atoms with Gasteiger partial charge in [0.1, 0.15) is 0 Å². The lowest BCUT2D eigenvalue weighted by molar-refractivity contribution is 0.275. The monoisotopic (exact) mass is 263 g/mol. The van der Waals surface area contributed by atoms with Crippen molar-refractivity contribution < 1.29 is 31.8 Å². The molecule has 0 fully saturated rings. The van der Waals surface area contributed by atoms with E-state index in [1.165, 1.54) is 6.08 Å². The number of phosphoric acid groups is 1. The number of hydrogen-bond donors (Lipinski definition) is 4. The van der Waals surface area contributed by atoms with Crippen LogP contribution in [0.2, 0.25) is 0 Å². The summed E-state index contributed by atoms with van der Waals surface area (Å²) in [7, 11) is -8.03. The quantitative estimate of drug-likeness (QED) is 0.267. The Kier molecular flexibility index (Phi) is 9.07. The van der Waals surface area contributed by atoms with Crippen molar-refractivity contribution in [1.29, 1.82) is 0 Å². The van der Waals surface area contributed by atoms with Crippen LogP contribution >= 0.6 is 7.82 Å². The molecule has 0 saturated carbocycles. The first-order valence-electron chi connectivity index (χ1n) is 3.58. The maximum absolute atomic E-state index is 10.6. The number of hydrogen-bond acceptors (Lipinski definition) is 5. The molecular formula is C5H14NO7PS. The fourth-order valence-corrected chi connectivity index (χ4v) is 1.07. The van der Waals surface area contributed by atoms with Crippen molar-refractivity contribution in [2.45, 2.75) is 0 Å². The minimum atomic E-state index is -4.64. The molecule has 0 aliphatic heterocycles. The molecule has 5 N–H and O–H groups in total. The SMILES string of the molecule is C=CCOS(=O)(=O)CCN.O=P(O)(O)O. The second-order valence-electron chi connectivity index (χ2n) is 2.14. The Morgan fingerprint density at radius 2 is 1.80 bits per heavy atom. The van der Waals surface area contributed by atoms with Crippen molar-refractivity contribution in [3.63, 3.8) is 0 Å². The molecule has 10 heteroatoms. The molecule has 0 atom stereocenters. The summed E-state index contributed by atoms with van der Waals surface area (Å²) < 4.78 is 34.6. The standard InChI is InChI=1S/C5H11NO3S.H3O4P/c1-2-4-9-10(7,8)5-3-6;1-5(2,3)4/h2H,1,3-6H2;(H3,1,2,3,4). The molecule has 0 aliphatic rings. The fourth-order valence-electron chi connectivity index (χ4n) is 0.355. The van der Waals surface area contributed by atoms with E-state index in [4.69, 9.17) is 25.0 Å². The van der Waals surface area contributed by atoms with Crippen molar-refractivity contribution in [3.8, 4) is 0 Å². The molecule has 0 saturated heterocycles. The van der Waals surface area contributed by atoms with Gasteiger partial charge in [-0.25, -0.2) is 4.57 Å². The van der Waals surface area contributed by atoms with E-state index in [2.05, 4.69) is 10.8 Å². The maximum Gasteiger partial charge on any atom is 0.466 e. The predicted octanol–water partition coefficient (Wildman–Crippen LogP) is -1.45. The summed E-state index contributed by atoms with van der Waals surface area (Å²) in [5, 5.41) is 0. The maximum atomic E-state index is 10.6. The molecule has 92 valence electrons. The molecule has 0 aromatic rings. The molecule has 0 bridgehead atoms. The lowest BCUT2D eigenvalue weighted by Crippen LogP contribution is -2.17. The Hall–Kier alpha value is -0.280. The number of rotatable bonds is 5. The van der Waals surface area contributed by atoms with E-state index in [9.17, 15) is 8.42 Å². The van der Waals surface area contributed by atoms with Crippen LogP contribution in [-0.2, 0) is 18.9 Å². The second kappa shape index (κ2) is 7.94. The summed E-state index contributed by atoms with van der Waals surface area (Å²) >= 11 is 0. The van der Waals surface area contributed by atoms with Crippen molar-refractivity contribution in [2.75, 3.05) is 18.9 Å². The zero-order valence-electron chi connectivity index (χ0n) is 7.81. The highest BCUT2D eigenvalue weighted by atomic mass is 32.2. The van der Waals surface area contributed by atoms with Crippen LogP contribution < -0.4 is 5.73 Å². The van der Waals surface area contributed by atoms with Gasteiger partial charge in [-0.1, -0.05) is 6.08 Å². The smallest absolute Gasteiger partial charge is 0.329 e. The number of nitrogens with two attached hydrogens (primary N) is 1. The van der Waals surface area contributed by atoms with Crippen LogP contribution in [0.15, 0.2) is 12.7 Å². The average Bonchev–Trinajstić information content (AvgIpc) is 1.97. The van der Waals surface area contributed by atoms with Gasteiger partial charge in [0.05, 0.1) is 12.4 Å². The van der Waals surface area contributed by atoms with E-state index >= 15 is 0 Å². The van der Waals surface area contributed by atoms with Gasteiger partial charge in [0.25, 0.3) is 10.1 Å². The van der Waals surface area contributed by atoms with Crippen LogP contribution in [0.3, 0.4) is 0 Å². The summed E-state index contributed by atoms with van der Waals surface area (Å²) in [6, 6.07) is 0. The zero-order valence-corrected chi connectivity index (χ0v) is 9.52. The molecule has 0 spiro atoms. The van der Waals surface area contributed by atoms with Crippen LogP contribution in [0.4, 0.5) is 0 Å². The predicted molar refractivity (Wildman–Crippen MR) is 53.3 cm³/mol. The highest BCUT2D eigenvalue weighted by Crippen LogP contribution is 2.25. The Balaban J connectivity index is 0. The minimum absolute atomic E-state index is 0.0162. The van der Waals surface area contributed by atoms with Gasteiger partial charge in [-0.2, -0.15) is 8.42 Å². The first kappa shape index (κ1) is 17.1. The molecule has 0 radical (unpaired) electrons. The van der Waals surface area contributed by atoms with E-state index in [1.54, 1.807) is 0 Å². The molecule has 0 heterocycles. The largest absolute Gasteiger partial charge is 0.466 e. The summed E-state index contributed by atoms with van der Waals surface area (Å²) in [5.41, 5.74) is 5.00. The lowest BCUT2D eigenvalue weighted by atomic mass is 10.7. The van der Waals surface area contributed by atoms with E-state index in [0.29, 0.717) is 0 Å². The molecule has 0 aliphatic carbocycles. The molecule has 0 unspecified atom stereocenters. The second-order valence-corrected chi connectivity index (χ2v) is 4.92. The zero-order chi connectivity index (χ0) is 12.5. The van der Waals surface area contributed by atoms with Crippen molar-refractivity contribution in [2.24, 2.45) is 5.73 Å². The summed E-state index contributed by atoms with van der Waals surface area (Å²) in [6.07, 6.45) is 1.37. The Morgan fingerprint density at radius 1 is 1.40 bits per heavy atom. The molecule has 0 aromatic carbocycles. The summed E-state index contributed by atoms with van der Waals surface area (Å²) in [5.74, 6) is -0.138. The first-order valence-corrected chi connectivity index (χ1v) is 6.73. The molecule has 15 heavy (non-hydrogen) atoms. The van der Waals surface area contributed by atoms with Crippen molar-refractivity contribution in [3.05, 3.63) is 12.7 Å². The third-order valence-electron chi connectivity index (χ3n) is 0.733. The van der Waals surface area contributed by atoms with E-state index in [-0.39, 0.29) is 18.9 Å². The van der Waals surface area contributed by atoms with Gasteiger partial charge in [0.15, 0.2) is 0 Å². The van der Waals surface area contributed by atoms with Crippen LogP contribution in [0, 0.1) is 0 Å². The average molecular weight is 263 g/mol. The summed E-state index contributed by atoms with van der Waals surface area (Å²) in [6.45, 7) is 3.40. The van der Waals surface area contributed by atoms with Crippen molar-refractivity contribution in [1.82, 2.24) is 0 Å². The van der Waals surface area contributed by atoms with Crippen LogP contribution in [0.1, 0.15) is 0 Å². The van der Waals surface area contributed by atoms with Crippen molar-refractivity contribution >= 4 is 17.9 Å². The first-order chi connectivity index (χ1) is 6.62. The van der Waals surface area contributed by atoms with E-state index in [1.807, 2.05) is 0 Å². The van der Waals surface area contributed by atoms with Gasteiger partial charge in [-0.3, -0.25) is 4.18 Å². The molecular weight excluding hydrogens is 249 g/mol. The van der Waals surface area contributed by atoms with Crippen LogP contribution in [0.5, 0.6) is 0 Å². The normalized spacial score (nSPS) is 11.5. The van der Waals surface area contributed by atoms with Gasteiger partial charge in [0, 0.05) is 6.54 Å². The Labute approximate surface area is 87.7 Å². The molecule has 0 rings (SSSR count). The Morgan fingerprint density at radius 3 is 2.07 bits per heavy atom. The van der Waals surface area contributed by atoms with Crippen LogP contribution in [0.25, 0.3) is 0 Å². The van der Waals surface area contributed by atoms with Gasteiger partial charge in [-0.15, -0.1) is 6.58 Å². The highest BCUT2D eigenvalue weighted by molar-refractivity contribution is 7.86. The summed E-state index contributed by atoms with van der Waals surface area (Å²) in [4.78, 5) is 21.6. The topological polar surface area (TPSA) is 147 Å². The molecule has 0 aromatic heterocycles. The lowest BCUT2D eigenvalue weighted by Gasteiger charge is -1.99. The van der Waals surface area contributed by atoms with Gasteiger partial charge < -0.3 is 20.4 Å². The third kappa shape index (κ3) is 24.8. The van der Waals surface area contributed by atoms with E-state index in [0.717, 1.165) is 0 Å². The third-order valence-corrected chi connectivity index (χ3v) is 1.96.